The predicted octanol–water partition coefficient (Wildman–Crippen LogP) is 2.15. The summed E-state index contributed by atoms with van der Waals surface area (Å²) in [6, 6.07) is 3.34. The van der Waals surface area contributed by atoms with Gasteiger partial charge in [0.1, 0.15) is 5.82 Å². The second-order valence-electron chi connectivity index (χ2n) is 6.28. The van der Waals surface area contributed by atoms with Crippen LogP contribution in [0.15, 0.2) is 24.5 Å². The summed E-state index contributed by atoms with van der Waals surface area (Å²) < 4.78 is 13.5. The molecule has 1 saturated heterocycles. The molecule has 2 aromatic heterocycles. The van der Waals surface area contributed by atoms with E-state index in [0.717, 1.165) is 30.8 Å². The van der Waals surface area contributed by atoms with Crippen molar-refractivity contribution >= 4 is 17.7 Å². The Balaban J connectivity index is 1.52. The molecule has 2 aromatic rings. The minimum Gasteiger partial charge on any atom is -0.356 e. The number of pyridine rings is 1. The van der Waals surface area contributed by atoms with Crippen molar-refractivity contribution in [1.82, 2.24) is 20.3 Å². The maximum Gasteiger partial charge on any atom is 0.254 e. The summed E-state index contributed by atoms with van der Waals surface area (Å²) in [6.07, 6.45) is 6.05. The lowest BCUT2D eigenvalue weighted by Crippen LogP contribution is -2.31. The molecule has 1 aliphatic heterocycles. The number of carbonyl (C=O) groups is 1. The summed E-state index contributed by atoms with van der Waals surface area (Å²) in [5.41, 5.74) is 0.880. The Kier molecular flexibility index (Phi) is 5.93. The molecule has 138 valence electrons. The van der Waals surface area contributed by atoms with Gasteiger partial charge < -0.3 is 15.5 Å². The third-order valence-electron chi connectivity index (χ3n) is 4.23. The Bertz CT molecular complexity index is 763. The number of anilines is 2. The van der Waals surface area contributed by atoms with Crippen LogP contribution in [-0.2, 0) is 0 Å². The molecule has 1 fully saturated rings. The van der Waals surface area contributed by atoms with Crippen molar-refractivity contribution < 1.29 is 9.18 Å². The summed E-state index contributed by atoms with van der Waals surface area (Å²) >= 11 is 0. The number of aromatic nitrogens is 3. The molecule has 2 N–H and O–H groups in total. The number of halogens is 1. The van der Waals surface area contributed by atoms with Crippen molar-refractivity contribution in [2.24, 2.45) is 0 Å². The lowest BCUT2D eigenvalue weighted by molar-refractivity contribution is 0.0951. The highest BCUT2D eigenvalue weighted by molar-refractivity contribution is 5.94. The van der Waals surface area contributed by atoms with Gasteiger partial charge in [0, 0.05) is 44.1 Å². The van der Waals surface area contributed by atoms with Gasteiger partial charge in [0.25, 0.3) is 5.91 Å². The van der Waals surface area contributed by atoms with E-state index in [0.29, 0.717) is 19.0 Å². The summed E-state index contributed by atoms with van der Waals surface area (Å²) in [4.78, 5) is 26.8. The van der Waals surface area contributed by atoms with E-state index in [-0.39, 0.29) is 5.56 Å². The number of rotatable bonds is 6. The van der Waals surface area contributed by atoms with Crippen molar-refractivity contribution in [1.29, 1.82) is 0 Å². The van der Waals surface area contributed by atoms with Gasteiger partial charge in [-0.3, -0.25) is 9.78 Å². The number of amides is 1. The number of carbonyl (C=O) groups excluding carboxylic acids is 1. The van der Waals surface area contributed by atoms with Crippen LogP contribution in [0.4, 0.5) is 16.2 Å². The van der Waals surface area contributed by atoms with E-state index in [9.17, 15) is 9.18 Å². The molecule has 3 rings (SSSR count). The van der Waals surface area contributed by atoms with Gasteiger partial charge in [-0.05, 0) is 32.3 Å². The lowest BCUT2D eigenvalue weighted by atomic mass is 10.1. The maximum atomic E-state index is 13.5. The quantitative estimate of drug-likeness (QED) is 0.770. The third-order valence-corrected chi connectivity index (χ3v) is 4.23. The van der Waals surface area contributed by atoms with Crippen LogP contribution in [0.3, 0.4) is 0 Å². The highest BCUT2D eigenvalue weighted by Crippen LogP contribution is 2.19. The summed E-state index contributed by atoms with van der Waals surface area (Å²) in [6.45, 7) is 4.75. The third kappa shape index (κ3) is 4.65. The first-order valence-electron chi connectivity index (χ1n) is 8.86. The minimum absolute atomic E-state index is 0.0146. The number of hydrogen-bond acceptors (Lipinski definition) is 6. The maximum absolute atomic E-state index is 13.5. The van der Waals surface area contributed by atoms with Crippen LogP contribution in [0.2, 0.25) is 0 Å². The smallest absolute Gasteiger partial charge is 0.254 e. The Hall–Kier alpha value is -2.77. The Morgan fingerprint density at radius 2 is 2.04 bits per heavy atom. The molecule has 7 nitrogen and oxygen atoms in total. The largest absolute Gasteiger partial charge is 0.356 e. The van der Waals surface area contributed by atoms with Crippen LogP contribution < -0.4 is 15.5 Å². The fraction of sp³-hybridized carbons (Fsp3) is 0.444. The van der Waals surface area contributed by atoms with Crippen LogP contribution in [0.1, 0.15) is 35.3 Å². The van der Waals surface area contributed by atoms with E-state index in [2.05, 4.69) is 30.5 Å². The van der Waals surface area contributed by atoms with Gasteiger partial charge >= 0.3 is 0 Å². The molecule has 0 saturated carbocycles. The Morgan fingerprint density at radius 3 is 2.81 bits per heavy atom. The zero-order valence-electron chi connectivity index (χ0n) is 14.8. The second-order valence-corrected chi connectivity index (χ2v) is 6.28. The van der Waals surface area contributed by atoms with Gasteiger partial charge in [0.05, 0.1) is 11.8 Å². The van der Waals surface area contributed by atoms with E-state index in [1.165, 1.54) is 31.5 Å². The van der Waals surface area contributed by atoms with Crippen molar-refractivity contribution in [2.75, 3.05) is 36.4 Å². The summed E-state index contributed by atoms with van der Waals surface area (Å²) in [7, 11) is 0. The van der Waals surface area contributed by atoms with Crippen molar-refractivity contribution in [3.63, 3.8) is 0 Å². The number of hydrogen-bond donors (Lipinski definition) is 2. The van der Waals surface area contributed by atoms with Crippen LogP contribution in [0, 0.1) is 12.7 Å². The van der Waals surface area contributed by atoms with Gasteiger partial charge in [0.2, 0.25) is 5.95 Å². The number of aryl methyl sites for hydroxylation is 1. The van der Waals surface area contributed by atoms with Crippen LogP contribution in [0.5, 0.6) is 0 Å². The highest BCUT2D eigenvalue weighted by Gasteiger charge is 2.14. The van der Waals surface area contributed by atoms with Gasteiger partial charge in [0.15, 0.2) is 5.82 Å². The first-order chi connectivity index (χ1) is 12.6. The summed E-state index contributed by atoms with van der Waals surface area (Å²) in [5, 5.41) is 5.78. The zero-order chi connectivity index (χ0) is 18.4. The molecule has 0 aromatic carbocycles. The topological polar surface area (TPSA) is 83.0 Å². The predicted molar refractivity (Wildman–Crippen MR) is 97.9 cm³/mol. The molecule has 3 heterocycles. The molecule has 0 radical (unpaired) electrons. The Labute approximate surface area is 152 Å². The van der Waals surface area contributed by atoms with Gasteiger partial charge in [-0.15, -0.1) is 0 Å². The van der Waals surface area contributed by atoms with Crippen molar-refractivity contribution in [3.8, 4) is 0 Å². The van der Waals surface area contributed by atoms with Crippen LogP contribution in [0.25, 0.3) is 0 Å². The van der Waals surface area contributed by atoms with E-state index in [4.69, 9.17) is 0 Å². The number of nitrogens with one attached hydrogen (secondary N) is 2. The molecule has 1 aliphatic rings. The molecule has 8 heteroatoms. The second kappa shape index (κ2) is 8.55. The zero-order valence-corrected chi connectivity index (χ0v) is 14.8. The molecule has 0 aliphatic carbocycles. The van der Waals surface area contributed by atoms with Crippen molar-refractivity contribution in [3.05, 3.63) is 41.6 Å². The average molecular weight is 358 g/mol. The lowest BCUT2D eigenvalue weighted by Gasteiger charge is -2.28. The minimum atomic E-state index is -0.633. The molecular weight excluding hydrogens is 335 g/mol. The van der Waals surface area contributed by atoms with E-state index >= 15 is 0 Å². The molecule has 26 heavy (non-hydrogen) atoms. The van der Waals surface area contributed by atoms with Gasteiger partial charge in [-0.25, -0.2) is 9.37 Å². The molecule has 0 atom stereocenters. The van der Waals surface area contributed by atoms with Crippen molar-refractivity contribution in [2.45, 2.75) is 26.2 Å². The van der Waals surface area contributed by atoms with Gasteiger partial charge in [-0.2, -0.15) is 4.98 Å². The van der Waals surface area contributed by atoms with Crippen LogP contribution >= 0.6 is 0 Å². The standard InChI is InChI=1S/C18H23FN6O/c1-13-11-16(25-9-3-2-4-10-25)24-18(23-13)22-8-7-21-17(26)14-5-6-20-12-15(14)19/h5-6,11-12H,2-4,7-10H2,1H3,(H,21,26)(H,22,23,24). The highest BCUT2D eigenvalue weighted by atomic mass is 19.1. The van der Waals surface area contributed by atoms with Gasteiger partial charge in [-0.1, -0.05) is 0 Å². The fourth-order valence-corrected chi connectivity index (χ4v) is 2.92. The molecule has 0 spiro atoms. The van der Waals surface area contributed by atoms with E-state index in [1.54, 1.807) is 0 Å². The van der Waals surface area contributed by atoms with E-state index in [1.807, 2.05) is 13.0 Å². The SMILES string of the molecule is Cc1cc(N2CCCCC2)nc(NCCNC(=O)c2ccncc2F)n1. The van der Waals surface area contributed by atoms with Crippen LogP contribution in [-0.4, -0.2) is 47.0 Å². The monoisotopic (exact) mass is 358 g/mol. The first-order valence-corrected chi connectivity index (χ1v) is 8.86. The molecule has 0 bridgehead atoms. The fourth-order valence-electron chi connectivity index (χ4n) is 2.92. The molecular formula is C18H23FN6O. The van der Waals surface area contributed by atoms with E-state index < -0.39 is 11.7 Å². The normalized spacial score (nSPS) is 14.2. The summed E-state index contributed by atoms with van der Waals surface area (Å²) in [5.74, 6) is 0.370. The first kappa shape index (κ1) is 18.0. The average Bonchev–Trinajstić information content (AvgIpc) is 2.66. The number of piperidine rings is 1. The molecule has 1 amide bonds. The molecule has 0 unspecified atom stereocenters. The Morgan fingerprint density at radius 1 is 1.23 bits per heavy atom. The number of nitrogens with zero attached hydrogens (tertiary/aromatic N) is 4.